The molecule has 0 aromatic heterocycles. The third kappa shape index (κ3) is 3.47. The van der Waals surface area contributed by atoms with Gasteiger partial charge in [-0.2, -0.15) is 0 Å². The van der Waals surface area contributed by atoms with E-state index in [0.717, 1.165) is 10.6 Å². The molecule has 0 saturated carbocycles. The molecule has 0 atom stereocenters. The van der Waals surface area contributed by atoms with Crippen LogP contribution >= 0.6 is 7.26 Å². The predicted molar refractivity (Wildman–Crippen MR) is 81.4 cm³/mol. The highest BCUT2D eigenvalue weighted by Crippen LogP contribution is 2.55. The lowest BCUT2D eigenvalue weighted by Crippen LogP contribution is -2.37. The van der Waals surface area contributed by atoms with Gasteiger partial charge in [-0.3, -0.25) is 0 Å². The van der Waals surface area contributed by atoms with Crippen molar-refractivity contribution in [2.75, 3.05) is 12.3 Å². The van der Waals surface area contributed by atoms with Gasteiger partial charge in [0.05, 0.1) is 13.2 Å². The Morgan fingerprint density at radius 2 is 1.29 bits per heavy atom. The largest absolute Gasteiger partial charge is 0.546 e. The van der Waals surface area contributed by atoms with Crippen LogP contribution in [0.1, 0.15) is 0 Å². The third-order valence-corrected chi connectivity index (χ3v) is 7.49. The van der Waals surface area contributed by atoms with Crippen molar-refractivity contribution in [3.05, 3.63) is 60.7 Å². The molecule has 0 fully saturated rings. The van der Waals surface area contributed by atoms with E-state index >= 15 is 0 Å². The van der Waals surface area contributed by atoms with Crippen LogP contribution in [0.4, 0.5) is 0 Å². The highest BCUT2D eigenvalue weighted by molar-refractivity contribution is 7.90. The van der Waals surface area contributed by atoms with Crippen LogP contribution in [-0.2, 0) is 9.59 Å². The van der Waals surface area contributed by atoms with E-state index in [-0.39, 0.29) is 12.3 Å². The van der Waals surface area contributed by atoms with Gasteiger partial charge in [0.1, 0.15) is 16.8 Å². The first-order valence-corrected chi connectivity index (χ1v) is 8.60. The van der Waals surface area contributed by atoms with Crippen LogP contribution < -0.4 is 15.7 Å². The summed E-state index contributed by atoms with van der Waals surface area (Å²) in [5.41, 5.74) is 0. The maximum Gasteiger partial charge on any atom is 0.342 e. The Morgan fingerprint density at radius 1 is 0.857 bits per heavy atom. The van der Waals surface area contributed by atoms with Crippen molar-refractivity contribution in [2.24, 2.45) is 0 Å². The predicted octanol–water partition coefficient (Wildman–Crippen LogP) is 0.489. The van der Waals surface area contributed by atoms with Gasteiger partial charge in [-0.25, -0.2) is 4.79 Å². The van der Waals surface area contributed by atoms with Gasteiger partial charge in [-0.15, -0.1) is 0 Å². The average molecular weight is 302 g/mol. The maximum absolute atomic E-state index is 11.4. The molecule has 0 aliphatic rings. The zero-order valence-corrected chi connectivity index (χ0v) is 12.2. The summed E-state index contributed by atoms with van der Waals surface area (Å²) in [5, 5.41) is 22.1. The Hall–Kier alpha value is -2.19. The van der Waals surface area contributed by atoms with E-state index in [2.05, 4.69) is 0 Å². The summed E-state index contributed by atoms with van der Waals surface area (Å²) in [6, 6.07) is 18.0. The van der Waals surface area contributed by atoms with Crippen molar-refractivity contribution >= 4 is 29.8 Å². The minimum Gasteiger partial charge on any atom is -0.546 e. The smallest absolute Gasteiger partial charge is 0.342 e. The number of hydrogen-bond acceptors (Lipinski definition) is 3. The Kier molecular flexibility index (Phi) is 4.71. The van der Waals surface area contributed by atoms with Crippen molar-refractivity contribution in [1.29, 1.82) is 0 Å². The molecule has 0 bridgehead atoms. The zero-order valence-electron chi connectivity index (χ0n) is 11.3. The molecule has 0 spiro atoms. The molecule has 0 unspecified atom stereocenters. The van der Waals surface area contributed by atoms with E-state index < -0.39 is 19.2 Å². The summed E-state index contributed by atoms with van der Waals surface area (Å²) < 4.78 is 0. The molecule has 0 amide bonds. The molecular formula is C16H15O4P. The van der Waals surface area contributed by atoms with E-state index in [4.69, 9.17) is 0 Å². The standard InChI is InChI=1S/C16H15O4P/c17-15(18)11-21(12-16(19)20,13-7-3-1-4-8-13)14-9-5-2-6-10-14/h1-10H,11-12H2,(H-,17,18,19,20). The first-order valence-electron chi connectivity index (χ1n) is 6.44. The van der Waals surface area contributed by atoms with Gasteiger partial charge < -0.3 is 15.0 Å². The lowest BCUT2D eigenvalue weighted by molar-refractivity contribution is -0.301. The minimum atomic E-state index is -2.57. The lowest BCUT2D eigenvalue weighted by atomic mass is 10.4. The molecular weight excluding hydrogens is 287 g/mol. The second kappa shape index (κ2) is 6.51. The summed E-state index contributed by atoms with van der Waals surface area (Å²) in [4.78, 5) is 22.6. The van der Waals surface area contributed by atoms with Crippen molar-refractivity contribution < 1.29 is 19.8 Å². The molecule has 0 aliphatic heterocycles. The van der Waals surface area contributed by atoms with Crippen LogP contribution in [0, 0.1) is 0 Å². The average Bonchev–Trinajstić information content (AvgIpc) is 2.47. The minimum absolute atomic E-state index is 0.199. The lowest BCUT2D eigenvalue weighted by Gasteiger charge is -2.26. The number of hydrogen-bond donors (Lipinski definition) is 1. The Balaban J connectivity index is 2.64. The normalized spacial score (nSPS) is 11.0. The van der Waals surface area contributed by atoms with Gasteiger partial charge in [0, 0.05) is 0 Å². The van der Waals surface area contributed by atoms with E-state index in [1.807, 2.05) is 12.1 Å². The number of rotatable bonds is 6. The van der Waals surface area contributed by atoms with Crippen LogP contribution in [0.15, 0.2) is 60.7 Å². The highest BCUT2D eigenvalue weighted by atomic mass is 31.2. The number of benzene rings is 2. The van der Waals surface area contributed by atoms with Crippen molar-refractivity contribution in [3.63, 3.8) is 0 Å². The Bertz CT molecular complexity index is 568. The van der Waals surface area contributed by atoms with E-state index in [9.17, 15) is 19.8 Å². The highest BCUT2D eigenvalue weighted by Gasteiger charge is 2.45. The number of aliphatic carboxylic acids is 2. The van der Waals surface area contributed by atoms with Gasteiger partial charge in [0.15, 0.2) is 6.16 Å². The topological polar surface area (TPSA) is 77.4 Å². The van der Waals surface area contributed by atoms with Gasteiger partial charge in [-0.05, 0) is 24.3 Å². The fourth-order valence-corrected chi connectivity index (χ4v) is 5.98. The molecule has 2 aromatic carbocycles. The van der Waals surface area contributed by atoms with Crippen molar-refractivity contribution in [2.45, 2.75) is 0 Å². The second-order valence-corrected chi connectivity index (χ2v) is 8.32. The molecule has 0 heterocycles. The van der Waals surface area contributed by atoms with Crippen LogP contribution in [-0.4, -0.2) is 29.4 Å². The summed E-state index contributed by atoms with van der Waals surface area (Å²) in [5.74, 6) is -2.23. The maximum atomic E-state index is 11.4. The van der Waals surface area contributed by atoms with Crippen LogP contribution in [0.3, 0.4) is 0 Å². The SMILES string of the molecule is O=C([O-])C[P+](CC(=O)O)(c1ccccc1)c1ccccc1. The van der Waals surface area contributed by atoms with E-state index in [1.165, 1.54) is 0 Å². The molecule has 21 heavy (non-hydrogen) atoms. The van der Waals surface area contributed by atoms with Gasteiger partial charge >= 0.3 is 5.97 Å². The Morgan fingerprint density at radius 3 is 1.62 bits per heavy atom. The van der Waals surface area contributed by atoms with Crippen LogP contribution in [0.5, 0.6) is 0 Å². The summed E-state index contributed by atoms with van der Waals surface area (Å²) >= 11 is 0. The molecule has 1 N–H and O–H groups in total. The zero-order chi connectivity index (χ0) is 15.3. The van der Waals surface area contributed by atoms with Crippen LogP contribution in [0.2, 0.25) is 0 Å². The molecule has 0 radical (unpaired) electrons. The summed E-state index contributed by atoms with van der Waals surface area (Å²) in [6.07, 6.45) is -0.470. The van der Waals surface area contributed by atoms with E-state index in [1.54, 1.807) is 48.5 Å². The van der Waals surface area contributed by atoms with Gasteiger partial charge in [0.25, 0.3) is 0 Å². The van der Waals surface area contributed by atoms with Crippen molar-refractivity contribution in [3.8, 4) is 0 Å². The molecule has 4 nitrogen and oxygen atoms in total. The van der Waals surface area contributed by atoms with Crippen LogP contribution in [0.25, 0.3) is 0 Å². The van der Waals surface area contributed by atoms with Gasteiger partial charge in [-0.1, -0.05) is 36.4 Å². The molecule has 0 aliphatic carbocycles. The molecule has 2 rings (SSSR count). The molecule has 2 aromatic rings. The molecule has 108 valence electrons. The third-order valence-electron chi connectivity index (χ3n) is 3.31. The number of carbonyl (C=O) groups is 2. The monoisotopic (exact) mass is 302 g/mol. The quantitative estimate of drug-likeness (QED) is 0.788. The summed E-state index contributed by atoms with van der Waals surface area (Å²) in [6.45, 7) is 0. The second-order valence-electron chi connectivity index (χ2n) is 4.72. The first-order chi connectivity index (χ1) is 10.0. The molecule has 0 saturated heterocycles. The first kappa shape index (κ1) is 15.2. The fourth-order valence-electron chi connectivity index (χ4n) is 2.45. The summed E-state index contributed by atoms with van der Waals surface area (Å²) in [7, 11) is -2.57. The number of carbonyl (C=O) groups excluding carboxylic acids is 1. The fraction of sp³-hybridized carbons (Fsp3) is 0.125. The molecule has 5 heteroatoms. The van der Waals surface area contributed by atoms with Crippen molar-refractivity contribution in [1.82, 2.24) is 0 Å². The van der Waals surface area contributed by atoms with E-state index in [0.29, 0.717) is 0 Å². The number of carboxylic acids is 2. The Labute approximate surface area is 123 Å². The van der Waals surface area contributed by atoms with Gasteiger partial charge in [0.2, 0.25) is 0 Å². The number of carboxylic acid groups (broad SMARTS) is 2.